The van der Waals surface area contributed by atoms with Crippen LogP contribution in [0.1, 0.15) is 53.8 Å². The number of amides is 2. The summed E-state index contributed by atoms with van der Waals surface area (Å²) in [6.45, 7) is -0.0739. The number of nitrogens with zero attached hydrogens (tertiary/aromatic N) is 3. The molecular weight excluding hydrogens is 469 g/mol. The van der Waals surface area contributed by atoms with E-state index in [1.165, 1.54) is 24.1 Å². The van der Waals surface area contributed by atoms with Gasteiger partial charge in [-0.2, -0.15) is 18.3 Å². The molecule has 1 saturated carbocycles. The van der Waals surface area contributed by atoms with Crippen LogP contribution < -0.4 is 10.1 Å². The van der Waals surface area contributed by atoms with Crippen molar-refractivity contribution in [2.75, 3.05) is 20.2 Å². The summed E-state index contributed by atoms with van der Waals surface area (Å²) in [5.41, 5.74) is -2.54. The van der Waals surface area contributed by atoms with Crippen molar-refractivity contribution in [2.24, 2.45) is 0 Å². The lowest BCUT2D eigenvalue weighted by Crippen LogP contribution is -2.53. The average molecular weight is 494 g/mol. The lowest BCUT2D eigenvalue weighted by Gasteiger charge is -2.29. The Morgan fingerprint density at radius 3 is 2.43 bits per heavy atom. The zero-order valence-electron chi connectivity index (χ0n) is 19.0. The van der Waals surface area contributed by atoms with Gasteiger partial charge >= 0.3 is 12.1 Å². The van der Waals surface area contributed by atoms with Crippen LogP contribution in [-0.4, -0.2) is 63.3 Å². The summed E-state index contributed by atoms with van der Waals surface area (Å²) in [6, 6.07) is 6.10. The van der Waals surface area contributed by atoms with E-state index < -0.39 is 35.2 Å². The zero-order valence-corrected chi connectivity index (χ0v) is 19.0. The van der Waals surface area contributed by atoms with Gasteiger partial charge in [0.1, 0.15) is 17.0 Å². The molecule has 1 aliphatic carbocycles. The van der Waals surface area contributed by atoms with Crippen LogP contribution in [0.3, 0.4) is 0 Å². The average Bonchev–Trinajstić information content (AvgIpc) is 3.45. The third kappa shape index (κ3) is 4.69. The maximum atomic E-state index is 13.7. The first-order chi connectivity index (χ1) is 16.6. The number of carbonyl (C=O) groups excluding carboxylic acids is 2. The van der Waals surface area contributed by atoms with E-state index in [0.717, 1.165) is 4.68 Å². The molecule has 2 aliphatic rings. The highest BCUT2D eigenvalue weighted by Gasteiger charge is 2.44. The minimum absolute atomic E-state index is 0.0133. The van der Waals surface area contributed by atoms with Crippen LogP contribution >= 0.6 is 0 Å². The summed E-state index contributed by atoms with van der Waals surface area (Å²) in [5, 5.41) is 15.8. The third-order valence-corrected chi connectivity index (χ3v) is 6.54. The highest BCUT2D eigenvalue weighted by Crippen LogP contribution is 2.36. The minimum atomic E-state index is -4.74. The topological polar surface area (TPSA) is 114 Å². The number of fused-ring (bicyclic) bond motifs is 1. The molecule has 35 heavy (non-hydrogen) atoms. The lowest BCUT2D eigenvalue weighted by molar-refractivity contribution is -0.147. The van der Waals surface area contributed by atoms with Gasteiger partial charge in [0.25, 0.3) is 5.91 Å². The molecule has 2 aromatic rings. The number of carboxylic acids is 1. The number of hydrogen-bond donors (Lipinski definition) is 2. The number of ether oxygens (including phenoxy) is 1. The van der Waals surface area contributed by atoms with Crippen LogP contribution in [0.25, 0.3) is 5.69 Å². The molecular formula is C23H25F3N4O5. The molecule has 0 saturated heterocycles. The molecule has 1 fully saturated rings. The van der Waals surface area contributed by atoms with Crippen molar-refractivity contribution in [1.82, 2.24) is 20.0 Å². The Labute approximate surface area is 198 Å². The Hall–Kier alpha value is -3.57. The molecule has 0 spiro atoms. The standard InChI is InChI=1S/C23H25F3N4O5/c1-35-15-6-4-14(5-7-15)30-18-16(19(28-30)23(24,25)26)8-12-29(20(18)32)13-9-17(31)27-22(21(33)34)10-2-3-11-22/h4-7H,2-3,8-13H2,1H3,(H,27,31)(H,33,34). The van der Waals surface area contributed by atoms with E-state index in [4.69, 9.17) is 4.74 Å². The number of aliphatic carboxylic acids is 1. The van der Waals surface area contributed by atoms with Gasteiger partial charge in [-0.15, -0.1) is 0 Å². The third-order valence-electron chi connectivity index (χ3n) is 6.54. The van der Waals surface area contributed by atoms with Crippen molar-refractivity contribution < 1.29 is 37.4 Å². The fourth-order valence-electron chi connectivity index (χ4n) is 4.69. The van der Waals surface area contributed by atoms with Crippen molar-refractivity contribution in [3.8, 4) is 11.4 Å². The molecule has 1 aliphatic heterocycles. The molecule has 12 heteroatoms. The van der Waals surface area contributed by atoms with Gasteiger partial charge in [0, 0.05) is 25.1 Å². The Morgan fingerprint density at radius 2 is 1.86 bits per heavy atom. The van der Waals surface area contributed by atoms with Crippen LogP contribution in [0.2, 0.25) is 0 Å². The maximum absolute atomic E-state index is 13.7. The normalized spacial score (nSPS) is 17.3. The number of benzene rings is 1. The van der Waals surface area contributed by atoms with Gasteiger partial charge in [-0.25, -0.2) is 9.48 Å². The van der Waals surface area contributed by atoms with Gasteiger partial charge < -0.3 is 20.1 Å². The first kappa shape index (κ1) is 24.6. The van der Waals surface area contributed by atoms with Gasteiger partial charge in [0.05, 0.1) is 12.8 Å². The fourth-order valence-corrected chi connectivity index (χ4v) is 4.69. The number of hydrogen-bond acceptors (Lipinski definition) is 5. The van der Waals surface area contributed by atoms with Crippen LogP contribution in [0, 0.1) is 0 Å². The van der Waals surface area contributed by atoms with E-state index in [9.17, 15) is 32.7 Å². The highest BCUT2D eigenvalue weighted by molar-refractivity contribution is 5.96. The molecule has 2 heterocycles. The van der Waals surface area contributed by atoms with E-state index in [2.05, 4.69) is 10.4 Å². The van der Waals surface area contributed by atoms with E-state index in [-0.39, 0.29) is 42.9 Å². The number of alkyl halides is 3. The second-order valence-electron chi connectivity index (χ2n) is 8.72. The van der Waals surface area contributed by atoms with Crippen molar-refractivity contribution in [2.45, 2.75) is 50.2 Å². The van der Waals surface area contributed by atoms with Crippen molar-refractivity contribution in [3.05, 3.63) is 41.2 Å². The summed E-state index contributed by atoms with van der Waals surface area (Å²) in [4.78, 5) is 38.7. The number of rotatable bonds is 7. The zero-order chi connectivity index (χ0) is 25.4. The molecule has 1 aromatic heterocycles. The molecule has 4 rings (SSSR count). The van der Waals surface area contributed by atoms with Gasteiger partial charge in [-0.05, 0) is 43.5 Å². The molecule has 0 bridgehead atoms. The summed E-state index contributed by atoms with van der Waals surface area (Å²) in [5.74, 6) is -1.80. The minimum Gasteiger partial charge on any atom is -0.497 e. The van der Waals surface area contributed by atoms with Crippen molar-refractivity contribution >= 4 is 17.8 Å². The number of carbonyl (C=O) groups is 3. The maximum Gasteiger partial charge on any atom is 0.435 e. The van der Waals surface area contributed by atoms with Crippen LogP contribution in [0.5, 0.6) is 5.75 Å². The second kappa shape index (κ2) is 9.23. The Kier molecular flexibility index (Phi) is 6.48. The quantitative estimate of drug-likeness (QED) is 0.612. The summed E-state index contributed by atoms with van der Waals surface area (Å²) in [6.07, 6.45) is -2.93. The first-order valence-corrected chi connectivity index (χ1v) is 11.2. The summed E-state index contributed by atoms with van der Waals surface area (Å²) >= 11 is 0. The number of aromatic nitrogens is 2. The Bertz CT molecular complexity index is 1140. The predicted molar refractivity (Wildman–Crippen MR) is 116 cm³/mol. The van der Waals surface area contributed by atoms with Gasteiger partial charge in [-0.3, -0.25) is 9.59 Å². The SMILES string of the molecule is COc1ccc(-n2nc(C(F)(F)F)c3c2C(=O)N(CCC(=O)NC2(C(=O)O)CCCC2)CC3)cc1. The Balaban J connectivity index is 1.56. The highest BCUT2D eigenvalue weighted by atomic mass is 19.4. The molecule has 2 N–H and O–H groups in total. The largest absolute Gasteiger partial charge is 0.497 e. The van der Waals surface area contributed by atoms with Crippen LogP contribution in [-0.2, 0) is 22.2 Å². The number of nitrogens with one attached hydrogen (secondary N) is 1. The molecule has 0 radical (unpaired) electrons. The fraction of sp³-hybridized carbons (Fsp3) is 0.478. The van der Waals surface area contributed by atoms with Crippen LogP contribution in [0.15, 0.2) is 24.3 Å². The van der Waals surface area contributed by atoms with E-state index >= 15 is 0 Å². The van der Waals surface area contributed by atoms with Crippen molar-refractivity contribution in [3.63, 3.8) is 0 Å². The van der Waals surface area contributed by atoms with Crippen molar-refractivity contribution in [1.29, 1.82) is 0 Å². The number of halogens is 3. The monoisotopic (exact) mass is 494 g/mol. The molecule has 9 nitrogen and oxygen atoms in total. The molecule has 0 unspecified atom stereocenters. The lowest BCUT2D eigenvalue weighted by atomic mass is 9.97. The van der Waals surface area contributed by atoms with E-state index in [0.29, 0.717) is 31.4 Å². The summed E-state index contributed by atoms with van der Waals surface area (Å²) < 4.78 is 47.1. The number of methoxy groups -OCH3 is 1. The molecule has 188 valence electrons. The molecule has 2 amide bonds. The van der Waals surface area contributed by atoms with E-state index in [1.807, 2.05) is 0 Å². The van der Waals surface area contributed by atoms with Gasteiger partial charge in [0.2, 0.25) is 5.91 Å². The second-order valence-corrected chi connectivity index (χ2v) is 8.72. The Morgan fingerprint density at radius 1 is 1.20 bits per heavy atom. The molecule has 1 aromatic carbocycles. The van der Waals surface area contributed by atoms with Crippen LogP contribution in [0.4, 0.5) is 13.2 Å². The first-order valence-electron chi connectivity index (χ1n) is 11.2. The van der Waals surface area contributed by atoms with Gasteiger partial charge in [-0.1, -0.05) is 12.8 Å². The molecule has 0 atom stereocenters. The smallest absolute Gasteiger partial charge is 0.435 e. The predicted octanol–water partition coefficient (Wildman–Crippen LogP) is 2.80. The van der Waals surface area contributed by atoms with Gasteiger partial charge in [0.15, 0.2) is 5.69 Å². The van der Waals surface area contributed by atoms with E-state index in [1.54, 1.807) is 12.1 Å². The summed E-state index contributed by atoms with van der Waals surface area (Å²) in [7, 11) is 1.45. The number of carboxylic acid groups (broad SMARTS) is 1.